The van der Waals surface area contributed by atoms with Crippen LogP contribution in [0.5, 0.6) is 5.75 Å². The second kappa shape index (κ2) is 5.03. The summed E-state index contributed by atoms with van der Waals surface area (Å²) in [4.78, 5) is 0. The number of piperidine rings is 1. The van der Waals surface area contributed by atoms with Gasteiger partial charge in [-0.05, 0) is 25.0 Å². The topological polar surface area (TPSA) is 29.5 Å². The number of hydrogen-bond acceptors (Lipinski definition) is 2. The molecule has 0 radical (unpaired) electrons. The smallest absolute Gasteiger partial charge is 0.316 e. The summed E-state index contributed by atoms with van der Waals surface area (Å²) in [6.45, 7) is 3.49. The van der Waals surface area contributed by atoms with Crippen LogP contribution in [0.4, 0.5) is 0 Å². The summed E-state index contributed by atoms with van der Waals surface area (Å²) in [6.07, 6.45) is 3.48. The van der Waals surface area contributed by atoms with Crippen molar-refractivity contribution in [2.45, 2.75) is 19.3 Å². The van der Waals surface area contributed by atoms with Gasteiger partial charge in [0.1, 0.15) is 5.75 Å². The SMILES string of the molecule is CP(=O)(Oc1ccccc1)N1CCCCC1. The first-order valence-electron chi connectivity index (χ1n) is 5.76. The van der Waals surface area contributed by atoms with Crippen LogP contribution >= 0.6 is 7.52 Å². The van der Waals surface area contributed by atoms with Crippen LogP contribution in [0.2, 0.25) is 0 Å². The second-order valence-electron chi connectivity index (χ2n) is 4.22. The van der Waals surface area contributed by atoms with E-state index in [-0.39, 0.29) is 0 Å². The molecule has 1 aromatic carbocycles. The molecular formula is C12H18NO2P. The molecule has 88 valence electrons. The second-order valence-corrected chi connectivity index (χ2v) is 6.58. The molecule has 0 aliphatic carbocycles. The number of para-hydroxylation sites is 1. The summed E-state index contributed by atoms with van der Waals surface area (Å²) in [5, 5.41) is 0. The largest absolute Gasteiger partial charge is 0.433 e. The zero-order valence-corrected chi connectivity index (χ0v) is 10.5. The highest BCUT2D eigenvalue weighted by Gasteiger charge is 2.28. The van der Waals surface area contributed by atoms with Gasteiger partial charge < -0.3 is 4.52 Å². The van der Waals surface area contributed by atoms with Crippen LogP contribution in [-0.2, 0) is 4.57 Å². The minimum atomic E-state index is -2.66. The molecule has 1 fully saturated rings. The highest BCUT2D eigenvalue weighted by molar-refractivity contribution is 7.56. The molecule has 0 N–H and O–H groups in total. The maximum absolute atomic E-state index is 12.4. The molecular weight excluding hydrogens is 221 g/mol. The third-order valence-corrected chi connectivity index (χ3v) is 4.84. The van der Waals surface area contributed by atoms with Crippen LogP contribution in [0.3, 0.4) is 0 Å². The maximum atomic E-state index is 12.4. The molecule has 1 saturated heterocycles. The van der Waals surface area contributed by atoms with Gasteiger partial charge in [0, 0.05) is 19.8 Å². The van der Waals surface area contributed by atoms with Crippen LogP contribution < -0.4 is 4.52 Å². The highest BCUT2D eigenvalue weighted by Crippen LogP contribution is 2.48. The van der Waals surface area contributed by atoms with Crippen molar-refractivity contribution in [3.05, 3.63) is 30.3 Å². The lowest BCUT2D eigenvalue weighted by Gasteiger charge is -2.31. The lowest BCUT2D eigenvalue weighted by Crippen LogP contribution is -2.28. The summed E-state index contributed by atoms with van der Waals surface area (Å²) < 4.78 is 20.1. The number of hydrogen-bond donors (Lipinski definition) is 0. The Kier molecular flexibility index (Phi) is 3.67. The average Bonchev–Trinajstić information content (AvgIpc) is 2.31. The molecule has 1 heterocycles. The lowest BCUT2D eigenvalue weighted by atomic mass is 10.2. The lowest BCUT2D eigenvalue weighted by molar-refractivity contribution is 0.310. The Morgan fingerprint density at radius 2 is 1.75 bits per heavy atom. The van der Waals surface area contributed by atoms with Gasteiger partial charge in [-0.2, -0.15) is 0 Å². The molecule has 1 atom stereocenters. The molecule has 0 amide bonds. The van der Waals surface area contributed by atoms with Crippen LogP contribution in [0.1, 0.15) is 19.3 Å². The van der Waals surface area contributed by atoms with Crippen molar-refractivity contribution >= 4 is 7.52 Å². The molecule has 4 heteroatoms. The van der Waals surface area contributed by atoms with E-state index in [0.29, 0.717) is 5.75 Å². The Balaban J connectivity index is 2.04. The van der Waals surface area contributed by atoms with E-state index in [0.717, 1.165) is 25.9 Å². The quantitative estimate of drug-likeness (QED) is 0.757. The zero-order chi connectivity index (χ0) is 11.4. The average molecular weight is 239 g/mol. The highest BCUT2D eigenvalue weighted by atomic mass is 31.2. The van der Waals surface area contributed by atoms with Gasteiger partial charge in [0.25, 0.3) is 0 Å². The first-order valence-corrected chi connectivity index (χ1v) is 7.78. The van der Waals surface area contributed by atoms with Crippen LogP contribution in [0.15, 0.2) is 30.3 Å². The molecule has 0 bridgehead atoms. The maximum Gasteiger partial charge on any atom is 0.316 e. The molecule has 2 rings (SSSR count). The normalized spacial score (nSPS) is 21.3. The van der Waals surface area contributed by atoms with Crippen molar-refractivity contribution in [1.82, 2.24) is 4.67 Å². The monoisotopic (exact) mass is 239 g/mol. The van der Waals surface area contributed by atoms with Crippen molar-refractivity contribution in [3.63, 3.8) is 0 Å². The Labute approximate surface area is 96.9 Å². The van der Waals surface area contributed by atoms with Crippen molar-refractivity contribution < 1.29 is 9.09 Å². The summed E-state index contributed by atoms with van der Waals surface area (Å²) >= 11 is 0. The van der Waals surface area contributed by atoms with Gasteiger partial charge in [-0.25, -0.2) is 4.67 Å². The van der Waals surface area contributed by atoms with Crippen LogP contribution in [-0.4, -0.2) is 24.4 Å². The van der Waals surface area contributed by atoms with Crippen molar-refractivity contribution in [2.24, 2.45) is 0 Å². The van der Waals surface area contributed by atoms with E-state index in [1.165, 1.54) is 6.42 Å². The van der Waals surface area contributed by atoms with Crippen molar-refractivity contribution in [1.29, 1.82) is 0 Å². The van der Waals surface area contributed by atoms with Gasteiger partial charge in [0.15, 0.2) is 0 Å². The van der Waals surface area contributed by atoms with Crippen LogP contribution in [0.25, 0.3) is 0 Å². The zero-order valence-electron chi connectivity index (χ0n) is 9.63. The predicted molar refractivity (Wildman–Crippen MR) is 66.0 cm³/mol. The summed E-state index contributed by atoms with van der Waals surface area (Å²) in [5.74, 6) is 0.693. The fraction of sp³-hybridized carbons (Fsp3) is 0.500. The number of nitrogens with zero attached hydrogens (tertiary/aromatic N) is 1. The van der Waals surface area contributed by atoms with E-state index in [2.05, 4.69) is 0 Å². The molecule has 1 aliphatic heterocycles. The standard InChI is InChI=1S/C12H18NO2P/c1-16(14,13-10-6-3-7-11-13)15-12-8-4-2-5-9-12/h2,4-5,8-9H,3,6-7,10-11H2,1H3. The van der Waals surface area contributed by atoms with Crippen molar-refractivity contribution in [2.75, 3.05) is 19.8 Å². The Morgan fingerprint density at radius 1 is 1.12 bits per heavy atom. The van der Waals surface area contributed by atoms with E-state index in [1.807, 2.05) is 35.0 Å². The van der Waals surface area contributed by atoms with Gasteiger partial charge in [0.2, 0.25) is 0 Å². The van der Waals surface area contributed by atoms with Gasteiger partial charge in [-0.15, -0.1) is 0 Å². The third-order valence-electron chi connectivity index (χ3n) is 2.86. The number of rotatable bonds is 3. The molecule has 0 aromatic heterocycles. The molecule has 0 saturated carbocycles. The molecule has 0 spiro atoms. The summed E-state index contributed by atoms with van der Waals surface area (Å²) in [7, 11) is -2.66. The third kappa shape index (κ3) is 2.87. The van der Waals surface area contributed by atoms with Gasteiger partial charge in [-0.3, -0.25) is 4.57 Å². The molecule has 3 nitrogen and oxygen atoms in total. The number of benzene rings is 1. The molecule has 1 aliphatic rings. The Morgan fingerprint density at radius 3 is 2.38 bits per heavy atom. The van der Waals surface area contributed by atoms with Gasteiger partial charge in [-0.1, -0.05) is 24.6 Å². The molecule has 1 unspecified atom stereocenters. The minimum absolute atomic E-state index is 0.693. The van der Waals surface area contributed by atoms with E-state index < -0.39 is 7.52 Å². The van der Waals surface area contributed by atoms with Gasteiger partial charge >= 0.3 is 7.52 Å². The Hall–Kier alpha value is -0.790. The molecule has 1 aromatic rings. The van der Waals surface area contributed by atoms with Crippen LogP contribution in [0, 0.1) is 0 Å². The van der Waals surface area contributed by atoms with Crippen molar-refractivity contribution in [3.8, 4) is 5.75 Å². The van der Waals surface area contributed by atoms with E-state index in [9.17, 15) is 4.57 Å². The summed E-state index contributed by atoms with van der Waals surface area (Å²) in [6, 6.07) is 9.41. The summed E-state index contributed by atoms with van der Waals surface area (Å²) in [5.41, 5.74) is 0. The first-order chi connectivity index (χ1) is 7.68. The minimum Gasteiger partial charge on any atom is -0.433 e. The predicted octanol–water partition coefficient (Wildman–Crippen LogP) is 3.37. The first kappa shape index (κ1) is 11.7. The van der Waals surface area contributed by atoms with E-state index in [1.54, 1.807) is 6.66 Å². The Bertz CT molecular complexity index is 374. The van der Waals surface area contributed by atoms with E-state index in [4.69, 9.17) is 4.52 Å². The fourth-order valence-electron chi connectivity index (χ4n) is 1.98. The molecule has 16 heavy (non-hydrogen) atoms. The van der Waals surface area contributed by atoms with Gasteiger partial charge in [0.05, 0.1) is 0 Å². The fourth-order valence-corrected chi connectivity index (χ4v) is 3.61. The van der Waals surface area contributed by atoms with E-state index >= 15 is 0 Å².